The van der Waals surface area contributed by atoms with E-state index in [1.807, 2.05) is 0 Å². The van der Waals surface area contributed by atoms with Crippen LogP contribution in [0.5, 0.6) is 0 Å². The van der Waals surface area contributed by atoms with Crippen LogP contribution in [-0.4, -0.2) is 69.8 Å². The van der Waals surface area contributed by atoms with Crippen LogP contribution in [0.25, 0.3) is 0 Å². The summed E-state index contributed by atoms with van der Waals surface area (Å²) in [6, 6.07) is -2.56. The minimum absolute atomic E-state index is 0.0383. The Bertz CT molecular complexity index is 993. The first kappa shape index (κ1) is 28.9. The molecule has 0 bridgehead atoms. The molecule has 10 heteroatoms. The molecule has 40 heavy (non-hydrogen) atoms. The van der Waals surface area contributed by atoms with Crippen LogP contribution >= 0.6 is 0 Å². The highest BCUT2D eigenvalue weighted by molar-refractivity contribution is 5.96. The average Bonchev–Trinajstić information content (AvgIpc) is 3.86. The second-order valence-corrected chi connectivity index (χ2v) is 12.9. The molecule has 1 unspecified atom stereocenters. The van der Waals surface area contributed by atoms with Gasteiger partial charge in [-0.15, -0.1) is 0 Å². The molecule has 5 rings (SSSR count). The Hall–Kier alpha value is -2.65. The van der Waals surface area contributed by atoms with Crippen LogP contribution in [0, 0.1) is 17.8 Å². The summed E-state index contributed by atoms with van der Waals surface area (Å²) in [4.78, 5) is 67.2. The number of amides is 4. The van der Waals surface area contributed by atoms with Gasteiger partial charge in [0.15, 0.2) is 5.78 Å². The van der Waals surface area contributed by atoms with E-state index in [1.54, 1.807) is 0 Å². The number of urea groups is 1. The molecule has 3 aliphatic carbocycles. The molecule has 2 heterocycles. The fourth-order valence-corrected chi connectivity index (χ4v) is 7.33. The topological polar surface area (TPSA) is 145 Å². The van der Waals surface area contributed by atoms with Gasteiger partial charge in [0.2, 0.25) is 11.8 Å². The summed E-state index contributed by atoms with van der Waals surface area (Å²) >= 11 is 0. The van der Waals surface area contributed by atoms with Crippen LogP contribution in [0.1, 0.15) is 109 Å². The third-order valence-electron chi connectivity index (χ3n) is 10.0. The molecule has 2 saturated heterocycles. The highest BCUT2D eigenvalue weighted by Crippen LogP contribution is 2.47. The number of fused-ring (bicyclic) bond motifs is 2. The summed E-state index contributed by atoms with van der Waals surface area (Å²) in [5, 5.41) is 18.6. The first-order valence-corrected chi connectivity index (χ1v) is 15.8. The Morgan fingerprint density at radius 2 is 1.50 bits per heavy atom. The van der Waals surface area contributed by atoms with Gasteiger partial charge in [-0.2, -0.15) is 0 Å². The van der Waals surface area contributed by atoms with Crippen LogP contribution in [0.4, 0.5) is 4.79 Å². The summed E-state index contributed by atoms with van der Waals surface area (Å²) in [5.41, 5.74) is -1.23. The zero-order valence-corrected chi connectivity index (χ0v) is 23.6. The molecule has 0 spiro atoms. The van der Waals surface area contributed by atoms with Crippen molar-refractivity contribution in [2.24, 2.45) is 17.8 Å². The molecule has 0 radical (unpaired) electrons. The Morgan fingerprint density at radius 1 is 0.850 bits per heavy atom. The van der Waals surface area contributed by atoms with E-state index in [4.69, 9.17) is 0 Å². The number of carbonyl (C=O) groups is 5. The summed E-state index contributed by atoms with van der Waals surface area (Å²) < 4.78 is 0. The maximum Gasteiger partial charge on any atom is 0.329 e. The summed E-state index contributed by atoms with van der Waals surface area (Å²) in [5.74, 6) is -1.50. The van der Waals surface area contributed by atoms with Gasteiger partial charge in [-0.05, 0) is 69.6 Å². The number of carboxylic acids is 1. The van der Waals surface area contributed by atoms with E-state index in [1.165, 1.54) is 4.90 Å². The molecule has 0 aromatic rings. The van der Waals surface area contributed by atoms with Crippen LogP contribution in [0.3, 0.4) is 0 Å². The van der Waals surface area contributed by atoms with E-state index in [0.29, 0.717) is 32.2 Å². The monoisotopic (exact) mass is 558 g/mol. The van der Waals surface area contributed by atoms with E-state index in [9.17, 15) is 29.1 Å². The zero-order valence-electron chi connectivity index (χ0n) is 23.6. The molecule has 0 aromatic carbocycles. The van der Waals surface area contributed by atoms with Crippen molar-refractivity contribution in [1.82, 2.24) is 20.9 Å². The number of nitrogens with zero attached hydrogens (tertiary/aromatic N) is 1. The molecule has 5 atom stereocenters. The van der Waals surface area contributed by atoms with Crippen molar-refractivity contribution in [3.8, 4) is 0 Å². The van der Waals surface area contributed by atoms with Gasteiger partial charge in [0.25, 0.3) is 0 Å². The molecule has 0 aromatic heterocycles. The fourth-order valence-electron chi connectivity index (χ4n) is 7.33. The fraction of sp³-hybridized carbons (Fsp3) is 0.833. The summed E-state index contributed by atoms with van der Waals surface area (Å²) in [6.45, 7) is 0.394. The Labute approximate surface area is 236 Å². The van der Waals surface area contributed by atoms with Gasteiger partial charge in [0.1, 0.15) is 17.6 Å². The van der Waals surface area contributed by atoms with E-state index in [0.717, 1.165) is 83.5 Å². The van der Waals surface area contributed by atoms with Gasteiger partial charge in [0, 0.05) is 12.5 Å². The second-order valence-electron chi connectivity index (χ2n) is 12.9. The van der Waals surface area contributed by atoms with Crippen molar-refractivity contribution in [1.29, 1.82) is 0 Å². The van der Waals surface area contributed by atoms with Gasteiger partial charge in [-0.1, -0.05) is 51.4 Å². The molecule has 3 saturated carbocycles. The second kappa shape index (κ2) is 12.5. The third-order valence-corrected chi connectivity index (χ3v) is 10.0. The van der Waals surface area contributed by atoms with Gasteiger partial charge < -0.3 is 26.0 Å². The van der Waals surface area contributed by atoms with E-state index < -0.39 is 41.6 Å². The highest BCUT2D eigenvalue weighted by Gasteiger charge is 2.61. The van der Waals surface area contributed by atoms with Crippen LogP contribution < -0.4 is 16.0 Å². The number of carbonyl (C=O) groups excluding carboxylic acids is 4. The first-order valence-electron chi connectivity index (χ1n) is 15.8. The van der Waals surface area contributed by atoms with Crippen molar-refractivity contribution in [2.45, 2.75) is 133 Å². The molecular weight excluding hydrogens is 512 g/mol. The lowest BCUT2D eigenvalue weighted by Gasteiger charge is -2.32. The molecule has 5 fully saturated rings. The van der Waals surface area contributed by atoms with E-state index in [2.05, 4.69) is 16.0 Å². The lowest BCUT2D eigenvalue weighted by Crippen LogP contribution is -2.58. The minimum Gasteiger partial charge on any atom is -0.479 e. The number of ketones is 1. The SMILES string of the molecule is O=C(N[C@H]1CCCCCCCC2C[C@@]2(C(=O)O)NC(=O)[C@@H]2CCCN2C1=O)N[C@H](C(=O)C1CC1)C1CCCCC1. The Balaban J connectivity index is 1.29. The molecule has 2 aliphatic heterocycles. The summed E-state index contributed by atoms with van der Waals surface area (Å²) in [6.07, 6.45) is 14.2. The van der Waals surface area contributed by atoms with Gasteiger partial charge in [-0.3, -0.25) is 14.4 Å². The normalized spacial score (nSPS) is 32.9. The quantitative estimate of drug-likeness (QED) is 0.394. The largest absolute Gasteiger partial charge is 0.479 e. The van der Waals surface area contributed by atoms with E-state index in [-0.39, 0.29) is 29.4 Å². The number of carboxylic acid groups (broad SMARTS) is 1. The van der Waals surface area contributed by atoms with Crippen molar-refractivity contribution < 1.29 is 29.1 Å². The minimum atomic E-state index is -1.23. The number of Topliss-reactive ketones (excluding diaryl/α,β-unsaturated/α-hetero) is 1. The predicted molar refractivity (Wildman–Crippen MR) is 147 cm³/mol. The average molecular weight is 559 g/mol. The van der Waals surface area contributed by atoms with Crippen molar-refractivity contribution >= 4 is 29.6 Å². The maximum atomic E-state index is 13.8. The molecule has 5 aliphatic rings. The molecule has 10 nitrogen and oxygen atoms in total. The number of hydrogen-bond acceptors (Lipinski definition) is 5. The number of rotatable bonds is 6. The predicted octanol–water partition coefficient (Wildman–Crippen LogP) is 3.28. The number of hydrogen-bond donors (Lipinski definition) is 4. The van der Waals surface area contributed by atoms with Gasteiger partial charge in [-0.25, -0.2) is 9.59 Å². The number of aliphatic carboxylic acids is 1. The first-order chi connectivity index (χ1) is 19.3. The zero-order chi connectivity index (χ0) is 28.3. The van der Waals surface area contributed by atoms with E-state index >= 15 is 0 Å². The molecular formula is C30H46N4O6. The van der Waals surface area contributed by atoms with Gasteiger partial charge >= 0.3 is 12.0 Å². The standard InChI is InChI=1S/C30H46N4O6/c35-25(20-15-16-20)24(19-10-5-4-6-11-19)32-29(40)31-22-13-8-3-1-2-7-12-21-18-30(21,28(38)39)33-26(36)23-14-9-17-34(23)27(22)37/h19-24H,1-18H2,(H,33,36)(H,38,39)(H2,31,32,40)/t21?,22-,23-,24-,30+/m0/s1. The highest BCUT2D eigenvalue weighted by atomic mass is 16.4. The van der Waals surface area contributed by atoms with Crippen LogP contribution in [0.15, 0.2) is 0 Å². The maximum absolute atomic E-state index is 13.8. The van der Waals surface area contributed by atoms with Crippen molar-refractivity contribution in [2.75, 3.05) is 6.54 Å². The number of nitrogens with one attached hydrogen (secondary N) is 3. The van der Waals surface area contributed by atoms with Crippen LogP contribution in [0.2, 0.25) is 0 Å². The van der Waals surface area contributed by atoms with Crippen molar-refractivity contribution in [3.05, 3.63) is 0 Å². The van der Waals surface area contributed by atoms with Crippen LogP contribution in [-0.2, 0) is 19.2 Å². The van der Waals surface area contributed by atoms with Crippen molar-refractivity contribution in [3.63, 3.8) is 0 Å². The Kier molecular flexibility index (Phi) is 9.00. The molecule has 222 valence electrons. The summed E-state index contributed by atoms with van der Waals surface area (Å²) in [7, 11) is 0. The molecule has 4 amide bonds. The smallest absolute Gasteiger partial charge is 0.329 e. The molecule has 4 N–H and O–H groups in total. The third kappa shape index (κ3) is 6.46. The Morgan fingerprint density at radius 3 is 2.20 bits per heavy atom. The van der Waals surface area contributed by atoms with Gasteiger partial charge in [0.05, 0.1) is 6.04 Å². The lowest BCUT2D eigenvalue weighted by molar-refractivity contribution is -0.145. The lowest BCUT2D eigenvalue weighted by atomic mass is 9.81.